The smallest absolute Gasteiger partial charge is 0.253 e. The Morgan fingerprint density at radius 1 is 1.17 bits per heavy atom. The van der Waals surface area contributed by atoms with E-state index in [1.165, 1.54) is 22.5 Å². The minimum Gasteiger partial charge on any atom is -0.379 e. The summed E-state index contributed by atoms with van der Waals surface area (Å²) in [6.07, 6.45) is 1.65. The maximum Gasteiger partial charge on any atom is 0.253 e. The summed E-state index contributed by atoms with van der Waals surface area (Å²) in [6, 6.07) is 4.30. The summed E-state index contributed by atoms with van der Waals surface area (Å²) in [5.74, 6) is -0.340. The van der Waals surface area contributed by atoms with Gasteiger partial charge in [-0.1, -0.05) is 11.6 Å². The van der Waals surface area contributed by atoms with Gasteiger partial charge in [0.1, 0.15) is 0 Å². The van der Waals surface area contributed by atoms with E-state index in [0.717, 1.165) is 12.8 Å². The quantitative estimate of drug-likeness (QED) is 0.733. The van der Waals surface area contributed by atoms with Gasteiger partial charge in [-0.05, 0) is 45.9 Å². The molecule has 0 atom stereocenters. The third kappa shape index (κ3) is 5.30. The lowest BCUT2D eigenvalue weighted by Gasteiger charge is -2.43. The number of amides is 1. The second-order valence-electron chi connectivity index (χ2n) is 9.36. The van der Waals surface area contributed by atoms with Crippen LogP contribution in [0.2, 0.25) is 5.02 Å². The number of benzene rings is 1. The molecule has 2 fully saturated rings. The van der Waals surface area contributed by atoms with Crippen LogP contribution in [0.15, 0.2) is 23.1 Å². The van der Waals surface area contributed by atoms with Crippen LogP contribution in [0.4, 0.5) is 0 Å². The molecule has 9 heteroatoms. The Kier molecular flexibility index (Phi) is 6.32. The minimum absolute atomic E-state index is 0.00497. The van der Waals surface area contributed by atoms with Crippen molar-refractivity contribution in [2.45, 2.75) is 62.6 Å². The Balaban J connectivity index is 1.81. The van der Waals surface area contributed by atoms with Gasteiger partial charge in [-0.2, -0.15) is 4.31 Å². The van der Waals surface area contributed by atoms with E-state index in [2.05, 4.69) is 38.3 Å². The largest absolute Gasteiger partial charge is 0.379 e. The number of piperidine rings is 1. The molecule has 0 saturated carbocycles. The van der Waals surface area contributed by atoms with Crippen LogP contribution in [0, 0.1) is 0 Å². The molecule has 0 unspecified atom stereocenters. The number of carbonyl (C=O) groups excluding carboxylic acids is 1. The summed E-state index contributed by atoms with van der Waals surface area (Å²) in [7, 11) is -3.70. The molecule has 2 saturated heterocycles. The molecule has 7 nitrogen and oxygen atoms in total. The predicted octanol–water partition coefficient (Wildman–Crippen LogP) is 1.37. The summed E-state index contributed by atoms with van der Waals surface area (Å²) in [6.45, 7) is 9.98. The maximum absolute atomic E-state index is 13.0. The predicted molar refractivity (Wildman–Crippen MR) is 112 cm³/mol. The number of halogens is 1. The van der Waals surface area contributed by atoms with Gasteiger partial charge in [0.05, 0.1) is 39.8 Å². The zero-order valence-corrected chi connectivity index (χ0v) is 19.1. The molecule has 3 rings (SSSR count). The molecule has 2 heterocycles. The minimum atomic E-state index is -3.70. The van der Waals surface area contributed by atoms with Gasteiger partial charge in [-0.15, -0.1) is 0 Å². The van der Waals surface area contributed by atoms with Crippen LogP contribution in [-0.2, 0) is 14.8 Å². The molecule has 29 heavy (non-hydrogen) atoms. The number of morpholine rings is 1. The van der Waals surface area contributed by atoms with E-state index >= 15 is 0 Å². The molecule has 162 valence electrons. The Morgan fingerprint density at radius 3 is 2.34 bits per heavy atom. The number of hydrogen-bond acceptors (Lipinski definition) is 4. The highest BCUT2D eigenvalue weighted by Gasteiger charge is 2.42. The third-order valence-corrected chi connectivity index (χ3v) is 7.68. The van der Waals surface area contributed by atoms with Crippen molar-refractivity contribution in [2.75, 3.05) is 26.3 Å². The van der Waals surface area contributed by atoms with E-state index in [4.69, 9.17) is 16.3 Å². The second-order valence-corrected chi connectivity index (χ2v) is 11.7. The third-order valence-electron chi connectivity index (χ3n) is 5.45. The number of nitrogens with one attached hydrogen (secondary N) is 1. The van der Waals surface area contributed by atoms with E-state index in [0.29, 0.717) is 26.3 Å². The van der Waals surface area contributed by atoms with Gasteiger partial charge in [0.15, 0.2) is 0 Å². The molecule has 1 amide bonds. The summed E-state index contributed by atoms with van der Waals surface area (Å²) >= 11 is 6.26. The molecule has 0 aliphatic carbocycles. The van der Waals surface area contributed by atoms with Crippen molar-refractivity contribution in [1.29, 1.82) is 0 Å². The van der Waals surface area contributed by atoms with Gasteiger partial charge < -0.3 is 15.4 Å². The fourth-order valence-electron chi connectivity index (χ4n) is 4.66. The first kappa shape index (κ1) is 22.5. The number of ether oxygens (including phenoxy) is 1. The first-order chi connectivity index (χ1) is 13.4. The highest BCUT2D eigenvalue weighted by molar-refractivity contribution is 7.89. The number of rotatable bonds is 4. The number of nitrogens with two attached hydrogens (primary N) is 1. The van der Waals surface area contributed by atoms with Crippen LogP contribution in [0.3, 0.4) is 0 Å². The average Bonchev–Trinajstić information content (AvgIpc) is 2.59. The van der Waals surface area contributed by atoms with E-state index in [1.807, 2.05) is 0 Å². The number of carbonyl (C=O) groups is 1. The van der Waals surface area contributed by atoms with Gasteiger partial charge in [0, 0.05) is 32.0 Å². The first-order valence-corrected chi connectivity index (χ1v) is 11.8. The molecule has 0 bridgehead atoms. The molecule has 1 aromatic rings. The molecule has 3 N–H and O–H groups in total. The van der Waals surface area contributed by atoms with Gasteiger partial charge in [-0.25, -0.2) is 8.42 Å². The van der Waals surface area contributed by atoms with E-state index in [1.54, 1.807) is 0 Å². The van der Waals surface area contributed by atoms with Crippen molar-refractivity contribution in [2.24, 2.45) is 0 Å². The monoisotopic (exact) mass is 444 g/mol. The summed E-state index contributed by atoms with van der Waals surface area (Å²) < 4.78 is 32.5. The van der Waals surface area contributed by atoms with Crippen molar-refractivity contribution >= 4 is 27.5 Å². The lowest BCUT2D eigenvalue weighted by molar-refractivity contribution is -0.787. The molecular formula is C20H31ClN3O4S+. The zero-order valence-electron chi connectivity index (χ0n) is 17.5. The van der Waals surface area contributed by atoms with Gasteiger partial charge in [0.25, 0.3) is 5.91 Å². The van der Waals surface area contributed by atoms with Gasteiger partial charge >= 0.3 is 0 Å². The molecule has 2 aliphatic heterocycles. The normalized spacial score (nSPS) is 22.9. The lowest BCUT2D eigenvalue weighted by atomic mass is 9.79. The van der Waals surface area contributed by atoms with Gasteiger partial charge in [-0.3, -0.25) is 4.79 Å². The molecule has 0 radical (unpaired) electrons. The van der Waals surface area contributed by atoms with Crippen LogP contribution in [0.5, 0.6) is 0 Å². The molecule has 0 spiro atoms. The Hall–Kier alpha value is -1.19. The van der Waals surface area contributed by atoms with Crippen molar-refractivity contribution in [3.8, 4) is 0 Å². The molecule has 1 aromatic carbocycles. The number of quaternary nitrogens is 1. The van der Waals surface area contributed by atoms with Crippen LogP contribution in [0.25, 0.3) is 0 Å². The highest BCUT2D eigenvalue weighted by atomic mass is 35.5. The summed E-state index contributed by atoms with van der Waals surface area (Å²) in [4.78, 5) is 13.1. The topological polar surface area (TPSA) is 92.3 Å². The standard InChI is InChI=1S/C20H30ClN3O4S/c1-19(2)12-14(13-20(3,4)23-19)22-18(25)16-11-15(5-6-17(16)21)29(26,27)24-7-9-28-10-8-24/h5-6,11,14,23H,7-10,12-13H2,1-4H3,(H,22,25)/p+1. The van der Waals surface area contributed by atoms with Crippen molar-refractivity contribution in [1.82, 2.24) is 9.62 Å². The van der Waals surface area contributed by atoms with Crippen molar-refractivity contribution in [3.63, 3.8) is 0 Å². The number of sulfonamides is 1. The van der Waals surface area contributed by atoms with Crippen molar-refractivity contribution in [3.05, 3.63) is 28.8 Å². The van der Waals surface area contributed by atoms with Crippen LogP contribution in [0.1, 0.15) is 50.9 Å². The van der Waals surface area contributed by atoms with Crippen LogP contribution >= 0.6 is 11.6 Å². The number of hydrogen-bond donors (Lipinski definition) is 2. The maximum atomic E-state index is 13.0. The zero-order chi connectivity index (χ0) is 21.4. The Bertz CT molecular complexity index is 864. The fourth-order valence-corrected chi connectivity index (χ4v) is 6.30. The lowest BCUT2D eigenvalue weighted by Crippen LogP contribution is -3.06. The van der Waals surface area contributed by atoms with E-state index < -0.39 is 10.0 Å². The molecule has 2 aliphatic rings. The van der Waals surface area contributed by atoms with E-state index in [-0.39, 0.29) is 38.5 Å². The SMILES string of the molecule is CC1(C)CC(NC(=O)c2cc(S(=O)(=O)N3CCOCC3)ccc2Cl)CC(C)(C)[NH2+]1. The summed E-state index contributed by atoms with van der Waals surface area (Å²) in [5, 5.41) is 5.65. The summed E-state index contributed by atoms with van der Waals surface area (Å²) in [5.41, 5.74) is 0.196. The van der Waals surface area contributed by atoms with Crippen LogP contribution in [-0.4, -0.2) is 62.1 Å². The van der Waals surface area contributed by atoms with Gasteiger partial charge in [0.2, 0.25) is 10.0 Å². The fraction of sp³-hybridized carbons (Fsp3) is 0.650. The van der Waals surface area contributed by atoms with Crippen molar-refractivity contribution < 1.29 is 23.3 Å². The second kappa shape index (κ2) is 8.15. The number of nitrogens with zero attached hydrogens (tertiary/aromatic N) is 1. The Morgan fingerprint density at radius 2 is 1.76 bits per heavy atom. The molecule has 0 aromatic heterocycles. The van der Waals surface area contributed by atoms with Crippen LogP contribution < -0.4 is 10.6 Å². The first-order valence-electron chi connectivity index (χ1n) is 9.95. The molecular weight excluding hydrogens is 414 g/mol. The highest BCUT2D eigenvalue weighted by Crippen LogP contribution is 2.26. The average molecular weight is 445 g/mol. The van der Waals surface area contributed by atoms with E-state index in [9.17, 15) is 13.2 Å². The Labute approximate surface area is 178 Å².